The van der Waals surface area contributed by atoms with Crippen LogP contribution in [0, 0.1) is 0 Å². The third kappa shape index (κ3) is 4.06. The van der Waals surface area contributed by atoms with Gasteiger partial charge in [-0.05, 0) is 49.9 Å². The average Bonchev–Trinajstić information content (AvgIpc) is 3.57. The SMILES string of the molecule is CCOC(=O)c1c(NC(=O)c2sc3nc(-c4ccco4)cc(C(F)(F)F)c3c2N)sc2c1CCC2. The largest absolute Gasteiger partial charge is 0.463 e. The zero-order valence-corrected chi connectivity index (χ0v) is 19.9. The lowest BCUT2D eigenvalue weighted by molar-refractivity contribution is -0.136. The van der Waals surface area contributed by atoms with Crippen molar-refractivity contribution >= 4 is 55.5 Å². The number of hydrogen-bond acceptors (Lipinski definition) is 8. The highest BCUT2D eigenvalue weighted by Crippen LogP contribution is 2.44. The molecule has 0 saturated heterocycles. The number of nitrogen functional groups attached to an aromatic ring is 1. The van der Waals surface area contributed by atoms with Crippen LogP contribution in [0.5, 0.6) is 0 Å². The number of esters is 1. The number of nitrogens with two attached hydrogens (primary N) is 1. The van der Waals surface area contributed by atoms with Crippen LogP contribution < -0.4 is 11.1 Å². The van der Waals surface area contributed by atoms with Gasteiger partial charge in [0.05, 0.1) is 29.7 Å². The molecule has 0 atom stereocenters. The number of carbonyl (C=O) groups is 2. The summed E-state index contributed by atoms with van der Waals surface area (Å²) >= 11 is 2.02. The van der Waals surface area contributed by atoms with E-state index in [4.69, 9.17) is 14.9 Å². The molecule has 182 valence electrons. The van der Waals surface area contributed by atoms with Gasteiger partial charge in [0.2, 0.25) is 0 Å². The predicted molar refractivity (Wildman–Crippen MR) is 127 cm³/mol. The van der Waals surface area contributed by atoms with Crippen LogP contribution in [0.15, 0.2) is 28.9 Å². The molecule has 0 aromatic carbocycles. The number of pyridine rings is 1. The van der Waals surface area contributed by atoms with Crippen molar-refractivity contribution < 1.29 is 31.9 Å². The minimum Gasteiger partial charge on any atom is -0.463 e. The number of halogens is 3. The number of thiophene rings is 2. The summed E-state index contributed by atoms with van der Waals surface area (Å²) < 4.78 is 52.1. The molecule has 1 aliphatic rings. The van der Waals surface area contributed by atoms with E-state index < -0.39 is 23.6 Å². The topological polar surface area (TPSA) is 107 Å². The average molecular weight is 522 g/mol. The zero-order valence-electron chi connectivity index (χ0n) is 18.2. The molecule has 0 unspecified atom stereocenters. The Morgan fingerprint density at radius 1 is 1.29 bits per heavy atom. The highest BCUT2D eigenvalue weighted by Gasteiger charge is 2.37. The van der Waals surface area contributed by atoms with E-state index in [9.17, 15) is 22.8 Å². The lowest BCUT2D eigenvalue weighted by Gasteiger charge is -2.10. The van der Waals surface area contributed by atoms with E-state index in [1.807, 2.05) is 0 Å². The summed E-state index contributed by atoms with van der Waals surface area (Å²) in [7, 11) is 0. The van der Waals surface area contributed by atoms with Gasteiger partial charge >= 0.3 is 12.1 Å². The number of fused-ring (bicyclic) bond motifs is 2. The number of amides is 1. The number of anilines is 2. The van der Waals surface area contributed by atoms with Gasteiger partial charge in [-0.2, -0.15) is 13.2 Å². The molecule has 1 aliphatic carbocycles. The standard InChI is InChI=1S/C23H18F3N3O4S2/c1-2-32-22(31)15-10-5-3-7-14(10)34-20(15)29-19(30)18-17(27)16-11(23(24,25)26)9-12(28-21(16)35-18)13-6-4-8-33-13/h4,6,8-9H,2-3,5,7,27H2,1H3,(H,29,30). The highest BCUT2D eigenvalue weighted by atomic mass is 32.1. The minimum absolute atomic E-state index is 0.0256. The lowest BCUT2D eigenvalue weighted by Crippen LogP contribution is -2.15. The number of nitrogens with zero attached hydrogens (tertiary/aromatic N) is 1. The van der Waals surface area contributed by atoms with E-state index in [2.05, 4.69) is 10.3 Å². The minimum atomic E-state index is -4.74. The van der Waals surface area contributed by atoms with Crippen molar-refractivity contribution in [1.82, 2.24) is 4.98 Å². The molecule has 0 aliphatic heterocycles. The summed E-state index contributed by atoms with van der Waals surface area (Å²) in [5.74, 6) is -1.11. The molecule has 5 rings (SSSR count). The van der Waals surface area contributed by atoms with Gasteiger partial charge in [0, 0.05) is 10.3 Å². The van der Waals surface area contributed by atoms with E-state index in [1.54, 1.807) is 6.92 Å². The number of rotatable bonds is 5. The fraction of sp³-hybridized carbons (Fsp3) is 0.261. The first kappa shape index (κ1) is 23.4. The van der Waals surface area contributed by atoms with Gasteiger partial charge < -0.3 is 20.2 Å². The maximum absolute atomic E-state index is 13.9. The molecule has 0 radical (unpaired) electrons. The monoisotopic (exact) mass is 521 g/mol. The Morgan fingerprint density at radius 2 is 2.09 bits per heavy atom. The van der Waals surface area contributed by atoms with Crippen molar-refractivity contribution in [2.75, 3.05) is 17.7 Å². The van der Waals surface area contributed by atoms with Crippen LogP contribution in [0.1, 0.15) is 49.4 Å². The molecule has 0 saturated carbocycles. The van der Waals surface area contributed by atoms with Crippen LogP contribution in [0.25, 0.3) is 21.7 Å². The number of hydrogen-bond donors (Lipinski definition) is 2. The maximum atomic E-state index is 13.9. The first-order valence-electron chi connectivity index (χ1n) is 10.7. The van der Waals surface area contributed by atoms with Crippen LogP contribution in [-0.4, -0.2) is 23.5 Å². The van der Waals surface area contributed by atoms with Crippen molar-refractivity contribution in [3.63, 3.8) is 0 Å². The van der Waals surface area contributed by atoms with Gasteiger partial charge in [0.25, 0.3) is 5.91 Å². The van der Waals surface area contributed by atoms with E-state index in [-0.39, 0.29) is 38.8 Å². The van der Waals surface area contributed by atoms with Crippen molar-refractivity contribution in [2.24, 2.45) is 0 Å². The fourth-order valence-electron chi connectivity index (χ4n) is 4.14. The van der Waals surface area contributed by atoms with Gasteiger partial charge in [-0.3, -0.25) is 4.79 Å². The summed E-state index contributed by atoms with van der Waals surface area (Å²) in [4.78, 5) is 30.8. The van der Waals surface area contributed by atoms with Gasteiger partial charge in [-0.15, -0.1) is 22.7 Å². The Labute approximate surface area is 204 Å². The van der Waals surface area contributed by atoms with E-state index in [0.29, 0.717) is 17.0 Å². The third-order valence-electron chi connectivity index (χ3n) is 5.61. The number of carbonyl (C=O) groups excluding carboxylic acids is 2. The molecular weight excluding hydrogens is 503 g/mol. The molecule has 1 amide bonds. The maximum Gasteiger partial charge on any atom is 0.417 e. The Bertz CT molecular complexity index is 1460. The molecule has 4 heterocycles. The molecule has 7 nitrogen and oxygen atoms in total. The summed E-state index contributed by atoms with van der Waals surface area (Å²) in [5, 5.41) is 2.64. The second-order valence-electron chi connectivity index (χ2n) is 7.79. The van der Waals surface area contributed by atoms with Crippen LogP contribution in [0.4, 0.5) is 23.9 Å². The molecule has 4 aromatic heterocycles. The van der Waals surface area contributed by atoms with Crippen LogP contribution >= 0.6 is 22.7 Å². The predicted octanol–water partition coefficient (Wildman–Crippen LogP) is 6.14. The van der Waals surface area contributed by atoms with Crippen LogP contribution in [0.3, 0.4) is 0 Å². The fourth-order valence-corrected chi connectivity index (χ4v) is 6.42. The smallest absolute Gasteiger partial charge is 0.417 e. The molecule has 4 aromatic rings. The van der Waals surface area contributed by atoms with Crippen molar-refractivity contribution in [3.8, 4) is 11.5 Å². The number of ether oxygens (including phenoxy) is 1. The van der Waals surface area contributed by atoms with Crippen LogP contribution in [-0.2, 0) is 23.8 Å². The Hall–Kier alpha value is -3.38. The summed E-state index contributed by atoms with van der Waals surface area (Å²) in [6.45, 7) is 1.85. The van der Waals surface area contributed by atoms with Crippen LogP contribution in [0.2, 0.25) is 0 Å². The summed E-state index contributed by atoms with van der Waals surface area (Å²) in [5.41, 5.74) is 5.86. The first-order valence-corrected chi connectivity index (χ1v) is 12.3. The van der Waals surface area contributed by atoms with Gasteiger partial charge in [0.15, 0.2) is 5.76 Å². The number of nitrogens with one attached hydrogen (secondary N) is 1. The van der Waals surface area contributed by atoms with Gasteiger partial charge in [0.1, 0.15) is 20.4 Å². The van der Waals surface area contributed by atoms with Crippen molar-refractivity contribution in [2.45, 2.75) is 32.4 Å². The number of aryl methyl sites for hydroxylation is 1. The first-order chi connectivity index (χ1) is 16.7. The quantitative estimate of drug-likeness (QED) is 0.306. The van der Waals surface area contributed by atoms with Gasteiger partial charge in [-0.1, -0.05) is 0 Å². The number of alkyl halides is 3. The Kier molecular flexibility index (Phi) is 5.80. The van der Waals surface area contributed by atoms with E-state index >= 15 is 0 Å². The van der Waals surface area contributed by atoms with E-state index in [1.165, 1.54) is 29.7 Å². The molecule has 35 heavy (non-hydrogen) atoms. The molecule has 12 heteroatoms. The number of furan rings is 1. The van der Waals surface area contributed by atoms with E-state index in [0.717, 1.165) is 40.7 Å². The molecule has 3 N–H and O–H groups in total. The molecule has 0 bridgehead atoms. The lowest BCUT2D eigenvalue weighted by atomic mass is 10.1. The number of aromatic nitrogens is 1. The Balaban J connectivity index is 1.58. The van der Waals surface area contributed by atoms with Gasteiger partial charge in [-0.25, -0.2) is 9.78 Å². The molecule has 0 fully saturated rings. The van der Waals surface area contributed by atoms with Crippen molar-refractivity contribution in [3.05, 3.63) is 50.9 Å². The second-order valence-corrected chi connectivity index (χ2v) is 9.90. The highest BCUT2D eigenvalue weighted by molar-refractivity contribution is 7.21. The molecular formula is C23H18F3N3O4S2. The van der Waals surface area contributed by atoms with Crippen molar-refractivity contribution in [1.29, 1.82) is 0 Å². The summed E-state index contributed by atoms with van der Waals surface area (Å²) in [6.07, 6.45) is -1.04. The Morgan fingerprint density at radius 3 is 2.77 bits per heavy atom. The second kappa shape index (κ2) is 8.68. The summed E-state index contributed by atoms with van der Waals surface area (Å²) in [6, 6.07) is 3.88. The molecule has 0 spiro atoms. The zero-order chi connectivity index (χ0) is 24.9. The normalized spacial score (nSPS) is 13.3. The third-order valence-corrected chi connectivity index (χ3v) is 7.92.